The molecule has 1 saturated carbocycles. The Morgan fingerprint density at radius 1 is 1.26 bits per heavy atom. The zero-order valence-electron chi connectivity index (χ0n) is 12.3. The van der Waals surface area contributed by atoms with Gasteiger partial charge in [0.1, 0.15) is 0 Å². The van der Waals surface area contributed by atoms with E-state index in [1.54, 1.807) is 0 Å². The van der Waals surface area contributed by atoms with Gasteiger partial charge in [-0.25, -0.2) is 0 Å². The van der Waals surface area contributed by atoms with E-state index in [4.69, 9.17) is 10.5 Å². The number of benzene rings is 1. The average molecular weight is 261 g/mol. The molecule has 2 nitrogen and oxygen atoms in total. The van der Waals surface area contributed by atoms with Gasteiger partial charge in [0.2, 0.25) is 0 Å². The Morgan fingerprint density at radius 2 is 2.00 bits per heavy atom. The van der Waals surface area contributed by atoms with Crippen LogP contribution < -0.4 is 5.73 Å². The van der Waals surface area contributed by atoms with E-state index in [-0.39, 0.29) is 6.10 Å². The van der Waals surface area contributed by atoms with Crippen molar-refractivity contribution in [2.24, 2.45) is 11.7 Å². The van der Waals surface area contributed by atoms with E-state index in [9.17, 15) is 0 Å². The molecule has 0 heterocycles. The molecule has 3 atom stereocenters. The third kappa shape index (κ3) is 4.05. The third-order valence-electron chi connectivity index (χ3n) is 4.33. The molecule has 0 radical (unpaired) electrons. The van der Waals surface area contributed by atoms with Crippen LogP contribution in [0.25, 0.3) is 0 Å². The summed E-state index contributed by atoms with van der Waals surface area (Å²) in [5.41, 5.74) is 8.40. The Balaban J connectivity index is 1.96. The van der Waals surface area contributed by atoms with Gasteiger partial charge in [0.05, 0.1) is 12.2 Å². The van der Waals surface area contributed by atoms with Crippen LogP contribution in [0.4, 0.5) is 0 Å². The van der Waals surface area contributed by atoms with E-state index >= 15 is 0 Å². The maximum Gasteiger partial charge on any atom is 0.0950 e. The van der Waals surface area contributed by atoms with Gasteiger partial charge in [-0.1, -0.05) is 56.0 Å². The van der Waals surface area contributed by atoms with E-state index in [1.807, 2.05) is 0 Å². The Morgan fingerprint density at radius 3 is 2.63 bits per heavy atom. The van der Waals surface area contributed by atoms with E-state index < -0.39 is 0 Å². The van der Waals surface area contributed by atoms with Gasteiger partial charge in [0.15, 0.2) is 0 Å². The molecular weight excluding hydrogens is 234 g/mol. The van der Waals surface area contributed by atoms with E-state index in [0.717, 1.165) is 5.92 Å². The first-order valence-electron chi connectivity index (χ1n) is 7.65. The van der Waals surface area contributed by atoms with Crippen LogP contribution in [0.5, 0.6) is 0 Å². The van der Waals surface area contributed by atoms with Crippen molar-refractivity contribution in [2.45, 2.75) is 58.2 Å². The first-order chi connectivity index (χ1) is 9.22. The fraction of sp³-hybridized carbons (Fsp3) is 0.647. The molecule has 0 saturated heterocycles. The molecule has 1 aliphatic rings. The monoisotopic (exact) mass is 261 g/mol. The Hall–Kier alpha value is -0.860. The molecule has 2 N–H and O–H groups in total. The molecule has 1 aliphatic carbocycles. The maximum absolute atomic E-state index is 6.27. The van der Waals surface area contributed by atoms with Crippen LogP contribution in [0.1, 0.15) is 56.3 Å². The van der Waals surface area contributed by atoms with Gasteiger partial charge in [-0.05, 0) is 31.2 Å². The average Bonchev–Trinajstić information content (AvgIpc) is 2.46. The molecule has 19 heavy (non-hydrogen) atoms. The van der Waals surface area contributed by atoms with Crippen molar-refractivity contribution in [3.05, 3.63) is 35.4 Å². The molecular formula is C17H27NO. The van der Waals surface area contributed by atoms with Crippen LogP contribution in [0.15, 0.2) is 24.3 Å². The second kappa shape index (κ2) is 7.06. The summed E-state index contributed by atoms with van der Waals surface area (Å²) in [5.74, 6) is 0.843. The Labute approximate surface area is 117 Å². The second-order valence-electron chi connectivity index (χ2n) is 5.83. The lowest BCUT2D eigenvalue weighted by Gasteiger charge is -2.31. The summed E-state index contributed by atoms with van der Waals surface area (Å²) in [5, 5.41) is 0. The third-order valence-corrected chi connectivity index (χ3v) is 4.33. The highest BCUT2D eigenvalue weighted by Gasteiger charge is 2.24. The van der Waals surface area contributed by atoms with Crippen LogP contribution >= 0.6 is 0 Å². The van der Waals surface area contributed by atoms with Crippen molar-refractivity contribution in [3.8, 4) is 0 Å². The zero-order chi connectivity index (χ0) is 13.7. The minimum atomic E-state index is 0.0567. The molecule has 1 aromatic rings. The Kier molecular flexibility index (Phi) is 5.41. The summed E-state index contributed by atoms with van der Waals surface area (Å²) in [6.07, 6.45) is 6.80. The molecule has 0 amide bonds. The van der Waals surface area contributed by atoms with Gasteiger partial charge in [-0.15, -0.1) is 0 Å². The first kappa shape index (κ1) is 14.5. The van der Waals surface area contributed by atoms with Crippen molar-refractivity contribution in [1.29, 1.82) is 0 Å². The lowest BCUT2D eigenvalue weighted by atomic mass is 9.85. The van der Waals surface area contributed by atoms with Crippen molar-refractivity contribution in [1.82, 2.24) is 0 Å². The largest absolute Gasteiger partial charge is 0.369 e. The lowest BCUT2D eigenvalue weighted by Crippen LogP contribution is -2.27. The molecule has 2 rings (SSSR count). The zero-order valence-corrected chi connectivity index (χ0v) is 12.3. The molecule has 0 aliphatic heterocycles. The van der Waals surface area contributed by atoms with Crippen LogP contribution in [0.2, 0.25) is 0 Å². The normalized spacial score (nSPS) is 25.2. The topological polar surface area (TPSA) is 35.2 Å². The number of nitrogens with two attached hydrogens (primary N) is 1. The summed E-state index contributed by atoms with van der Waals surface area (Å²) < 4.78 is 6.27. The number of ether oxygens (including phenoxy) is 1. The number of aryl methyl sites for hydroxylation is 1. The highest BCUT2D eigenvalue weighted by atomic mass is 16.5. The highest BCUT2D eigenvalue weighted by molar-refractivity contribution is 5.23. The van der Waals surface area contributed by atoms with Crippen LogP contribution in [0.3, 0.4) is 0 Å². The van der Waals surface area contributed by atoms with Crippen LogP contribution in [0, 0.1) is 12.8 Å². The molecule has 3 unspecified atom stereocenters. The summed E-state index contributed by atoms with van der Waals surface area (Å²) in [6.45, 7) is 4.96. The lowest BCUT2D eigenvalue weighted by molar-refractivity contribution is -0.0381. The minimum absolute atomic E-state index is 0.0567. The minimum Gasteiger partial charge on any atom is -0.369 e. The van der Waals surface area contributed by atoms with E-state index in [2.05, 4.69) is 38.1 Å². The number of hydrogen-bond acceptors (Lipinski definition) is 2. The molecule has 2 heteroatoms. The predicted octanol–water partition coefficient (Wildman–Crippen LogP) is 3.98. The second-order valence-corrected chi connectivity index (χ2v) is 5.83. The SMILES string of the molecule is CCC1CCCC(OC(CN)c2ccc(C)cc2)C1. The van der Waals surface area contributed by atoms with Gasteiger partial charge >= 0.3 is 0 Å². The molecule has 0 aromatic heterocycles. The maximum atomic E-state index is 6.27. The fourth-order valence-electron chi connectivity index (χ4n) is 3.02. The van der Waals surface area contributed by atoms with Crippen LogP contribution in [-0.4, -0.2) is 12.6 Å². The van der Waals surface area contributed by atoms with Gasteiger partial charge in [-0.3, -0.25) is 0 Å². The molecule has 1 aromatic carbocycles. The van der Waals surface area contributed by atoms with E-state index in [0.29, 0.717) is 12.6 Å². The Bertz CT molecular complexity index is 373. The molecule has 0 spiro atoms. The molecule has 1 fully saturated rings. The van der Waals surface area contributed by atoms with Gasteiger partial charge in [0, 0.05) is 6.54 Å². The number of rotatable bonds is 5. The fourth-order valence-corrected chi connectivity index (χ4v) is 3.02. The smallest absolute Gasteiger partial charge is 0.0950 e. The van der Waals surface area contributed by atoms with Crippen molar-refractivity contribution in [3.63, 3.8) is 0 Å². The summed E-state index contributed by atoms with van der Waals surface area (Å²) >= 11 is 0. The van der Waals surface area contributed by atoms with Gasteiger partial charge in [0.25, 0.3) is 0 Å². The van der Waals surface area contributed by atoms with Gasteiger partial charge < -0.3 is 10.5 Å². The first-order valence-corrected chi connectivity index (χ1v) is 7.65. The summed E-state index contributed by atoms with van der Waals surface area (Å²) in [7, 11) is 0. The van der Waals surface area contributed by atoms with E-state index in [1.165, 1.54) is 43.2 Å². The number of hydrogen-bond donors (Lipinski definition) is 1. The van der Waals surface area contributed by atoms with Crippen molar-refractivity contribution < 1.29 is 4.74 Å². The summed E-state index contributed by atoms with van der Waals surface area (Å²) in [4.78, 5) is 0. The standard InChI is InChI=1S/C17H27NO/c1-3-14-5-4-6-16(11-14)19-17(12-18)15-9-7-13(2)8-10-15/h7-10,14,16-17H,3-6,11-12,18H2,1-2H3. The molecule has 0 bridgehead atoms. The van der Waals surface area contributed by atoms with Crippen molar-refractivity contribution in [2.75, 3.05) is 6.54 Å². The summed E-state index contributed by atoms with van der Waals surface area (Å²) in [6, 6.07) is 8.56. The van der Waals surface area contributed by atoms with Crippen molar-refractivity contribution >= 4 is 0 Å². The quantitative estimate of drug-likeness (QED) is 0.870. The predicted molar refractivity (Wildman–Crippen MR) is 80.1 cm³/mol. The van der Waals surface area contributed by atoms with Crippen LogP contribution in [-0.2, 0) is 4.74 Å². The highest BCUT2D eigenvalue weighted by Crippen LogP contribution is 2.31. The molecule has 106 valence electrons. The van der Waals surface area contributed by atoms with Gasteiger partial charge in [-0.2, -0.15) is 0 Å².